The molecular weight excluding hydrogens is 298 g/mol. The molecule has 1 aromatic carbocycles. The number of hydrogen-bond donors (Lipinski definition) is 1. The van der Waals surface area contributed by atoms with Crippen molar-refractivity contribution in [1.82, 2.24) is 0 Å². The summed E-state index contributed by atoms with van der Waals surface area (Å²) in [7, 11) is 1.66. The van der Waals surface area contributed by atoms with Gasteiger partial charge in [-0.1, -0.05) is 12.1 Å². The van der Waals surface area contributed by atoms with Crippen LogP contribution in [0.5, 0.6) is 5.75 Å². The van der Waals surface area contributed by atoms with Crippen LogP contribution in [0.4, 0.5) is 0 Å². The maximum atomic E-state index is 6.19. The van der Waals surface area contributed by atoms with Crippen LogP contribution in [0.25, 0.3) is 0 Å². The highest BCUT2D eigenvalue weighted by Gasteiger charge is 2.10. The highest BCUT2D eigenvalue weighted by molar-refractivity contribution is 9.10. The molecule has 1 unspecified atom stereocenters. The minimum Gasteiger partial charge on any atom is -0.496 e. The van der Waals surface area contributed by atoms with Crippen LogP contribution in [0, 0.1) is 0 Å². The zero-order valence-electron chi connectivity index (χ0n) is 9.52. The molecule has 4 heteroatoms. The lowest BCUT2D eigenvalue weighted by Gasteiger charge is -2.12. The molecule has 0 bridgehead atoms. The molecule has 2 N–H and O–H groups in total. The first-order chi connectivity index (χ1) is 8.20. The van der Waals surface area contributed by atoms with Crippen molar-refractivity contribution in [2.24, 2.45) is 5.73 Å². The third-order valence-corrected chi connectivity index (χ3v) is 4.12. The van der Waals surface area contributed by atoms with Gasteiger partial charge in [0.05, 0.1) is 11.6 Å². The van der Waals surface area contributed by atoms with Gasteiger partial charge in [-0.3, -0.25) is 0 Å². The van der Waals surface area contributed by atoms with Gasteiger partial charge in [-0.05, 0) is 45.1 Å². The number of halogens is 1. The van der Waals surface area contributed by atoms with E-state index in [0.717, 1.165) is 22.2 Å². The Balaban J connectivity index is 2.14. The van der Waals surface area contributed by atoms with E-state index in [1.807, 2.05) is 18.2 Å². The SMILES string of the molecule is COc1ccc(C(N)Cc2cccs2)cc1Br. The molecule has 0 aliphatic heterocycles. The summed E-state index contributed by atoms with van der Waals surface area (Å²) < 4.78 is 6.14. The van der Waals surface area contributed by atoms with E-state index in [-0.39, 0.29) is 6.04 Å². The third kappa shape index (κ3) is 3.09. The van der Waals surface area contributed by atoms with Crippen molar-refractivity contribution < 1.29 is 4.74 Å². The van der Waals surface area contributed by atoms with E-state index in [1.54, 1.807) is 18.4 Å². The summed E-state index contributed by atoms with van der Waals surface area (Å²) in [4.78, 5) is 1.31. The van der Waals surface area contributed by atoms with E-state index in [4.69, 9.17) is 10.5 Å². The van der Waals surface area contributed by atoms with Crippen molar-refractivity contribution in [3.63, 3.8) is 0 Å². The van der Waals surface area contributed by atoms with Crippen LogP contribution in [-0.4, -0.2) is 7.11 Å². The van der Waals surface area contributed by atoms with Gasteiger partial charge in [0.25, 0.3) is 0 Å². The topological polar surface area (TPSA) is 35.2 Å². The van der Waals surface area contributed by atoms with E-state index in [0.29, 0.717) is 0 Å². The highest BCUT2D eigenvalue weighted by Crippen LogP contribution is 2.28. The second kappa shape index (κ2) is 5.67. The van der Waals surface area contributed by atoms with Crippen LogP contribution in [-0.2, 0) is 6.42 Å². The van der Waals surface area contributed by atoms with Crippen LogP contribution < -0.4 is 10.5 Å². The number of thiophene rings is 1. The predicted octanol–water partition coefficient (Wildman–Crippen LogP) is 3.76. The zero-order chi connectivity index (χ0) is 12.3. The lowest BCUT2D eigenvalue weighted by atomic mass is 10.0. The van der Waals surface area contributed by atoms with Crippen molar-refractivity contribution in [3.8, 4) is 5.75 Å². The van der Waals surface area contributed by atoms with Gasteiger partial charge >= 0.3 is 0 Å². The molecule has 17 heavy (non-hydrogen) atoms. The average Bonchev–Trinajstić information content (AvgIpc) is 2.81. The molecule has 0 saturated carbocycles. The van der Waals surface area contributed by atoms with E-state index < -0.39 is 0 Å². The largest absolute Gasteiger partial charge is 0.496 e. The lowest BCUT2D eigenvalue weighted by molar-refractivity contribution is 0.412. The van der Waals surface area contributed by atoms with Crippen LogP contribution in [0.2, 0.25) is 0 Å². The molecule has 2 aromatic rings. The van der Waals surface area contributed by atoms with Gasteiger partial charge in [-0.15, -0.1) is 11.3 Å². The van der Waals surface area contributed by atoms with E-state index in [1.165, 1.54) is 4.88 Å². The van der Waals surface area contributed by atoms with Gasteiger partial charge in [-0.2, -0.15) is 0 Å². The maximum absolute atomic E-state index is 6.19. The zero-order valence-corrected chi connectivity index (χ0v) is 11.9. The van der Waals surface area contributed by atoms with Crippen molar-refractivity contribution in [1.29, 1.82) is 0 Å². The maximum Gasteiger partial charge on any atom is 0.133 e. The fourth-order valence-electron chi connectivity index (χ4n) is 1.68. The summed E-state index contributed by atoms with van der Waals surface area (Å²) >= 11 is 5.22. The van der Waals surface area contributed by atoms with Gasteiger partial charge in [-0.25, -0.2) is 0 Å². The Kier molecular flexibility index (Phi) is 4.20. The van der Waals surface area contributed by atoms with E-state index >= 15 is 0 Å². The molecule has 0 spiro atoms. The van der Waals surface area contributed by atoms with E-state index in [9.17, 15) is 0 Å². The summed E-state index contributed by atoms with van der Waals surface area (Å²) in [6, 6.07) is 10.2. The Bertz CT molecular complexity index is 484. The molecule has 0 saturated heterocycles. The molecule has 0 radical (unpaired) electrons. The Labute approximate surface area is 114 Å². The fraction of sp³-hybridized carbons (Fsp3) is 0.231. The molecule has 2 rings (SSSR count). The standard InChI is InChI=1S/C13H14BrNOS/c1-16-13-5-4-9(7-11(13)14)12(15)8-10-3-2-6-17-10/h2-7,12H,8,15H2,1H3. The molecular formula is C13H14BrNOS. The van der Waals surface area contributed by atoms with Gasteiger partial charge in [0.1, 0.15) is 5.75 Å². The Morgan fingerprint density at radius 3 is 2.82 bits per heavy atom. The number of nitrogens with two attached hydrogens (primary N) is 1. The van der Waals surface area contributed by atoms with Crippen molar-refractivity contribution in [2.45, 2.75) is 12.5 Å². The Morgan fingerprint density at radius 2 is 2.24 bits per heavy atom. The monoisotopic (exact) mass is 311 g/mol. The molecule has 90 valence electrons. The van der Waals surface area contributed by atoms with Crippen LogP contribution in [0.1, 0.15) is 16.5 Å². The first-order valence-corrected chi connectivity index (χ1v) is 6.99. The van der Waals surface area contributed by atoms with Crippen molar-refractivity contribution in [2.75, 3.05) is 7.11 Å². The molecule has 1 heterocycles. The van der Waals surface area contributed by atoms with Gasteiger partial charge in [0.15, 0.2) is 0 Å². The summed E-state index contributed by atoms with van der Waals surface area (Å²) in [5, 5.41) is 2.08. The van der Waals surface area contributed by atoms with Gasteiger partial charge < -0.3 is 10.5 Å². The number of methoxy groups -OCH3 is 1. The second-order valence-electron chi connectivity index (χ2n) is 3.78. The summed E-state index contributed by atoms with van der Waals surface area (Å²) in [5.74, 6) is 0.831. The molecule has 0 aliphatic rings. The number of hydrogen-bond acceptors (Lipinski definition) is 3. The molecule has 2 nitrogen and oxygen atoms in total. The van der Waals surface area contributed by atoms with Gasteiger partial charge in [0, 0.05) is 17.3 Å². The lowest BCUT2D eigenvalue weighted by Crippen LogP contribution is -2.12. The molecule has 0 aliphatic carbocycles. The minimum absolute atomic E-state index is 0.0239. The average molecular weight is 312 g/mol. The first-order valence-electron chi connectivity index (χ1n) is 5.32. The quantitative estimate of drug-likeness (QED) is 0.933. The number of ether oxygens (including phenoxy) is 1. The number of benzene rings is 1. The molecule has 1 aromatic heterocycles. The van der Waals surface area contributed by atoms with Crippen molar-refractivity contribution in [3.05, 3.63) is 50.6 Å². The molecule has 1 atom stereocenters. The summed E-state index contributed by atoms with van der Waals surface area (Å²) in [5.41, 5.74) is 7.31. The number of rotatable bonds is 4. The highest BCUT2D eigenvalue weighted by atomic mass is 79.9. The Hall–Kier alpha value is -0.840. The predicted molar refractivity (Wildman–Crippen MR) is 75.6 cm³/mol. The fourth-order valence-corrected chi connectivity index (χ4v) is 3.00. The smallest absolute Gasteiger partial charge is 0.133 e. The Morgan fingerprint density at radius 1 is 1.41 bits per heavy atom. The van der Waals surface area contributed by atoms with Gasteiger partial charge in [0.2, 0.25) is 0 Å². The summed E-state index contributed by atoms with van der Waals surface area (Å²) in [6.07, 6.45) is 0.871. The minimum atomic E-state index is 0.0239. The van der Waals surface area contributed by atoms with Crippen LogP contribution >= 0.6 is 27.3 Å². The molecule has 0 fully saturated rings. The third-order valence-electron chi connectivity index (χ3n) is 2.61. The van der Waals surface area contributed by atoms with Crippen molar-refractivity contribution >= 4 is 27.3 Å². The van der Waals surface area contributed by atoms with Crippen LogP contribution in [0.3, 0.4) is 0 Å². The second-order valence-corrected chi connectivity index (χ2v) is 5.67. The molecule has 0 amide bonds. The summed E-state index contributed by atoms with van der Waals surface area (Å²) in [6.45, 7) is 0. The first kappa shape index (κ1) is 12.6. The van der Waals surface area contributed by atoms with E-state index in [2.05, 4.69) is 33.4 Å². The van der Waals surface area contributed by atoms with Crippen LogP contribution in [0.15, 0.2) is 40.2 Å². The normalized spacial score (nSPS) is 12.4.